The molecule has 0 rings (SSSR count). The van der Waals surface area contributed by atoms with Gasteiger partial charge >= 0.3 is 0 Å². The van der Waals surface area contributed by atoms with Crippen molar-refractivity contribution in [3.05, 3.63) is 0 Å². The van der Waals surface area contributed by atoms with Crippen LogP contribution < -0.4 is 16.8 Å². The van der Waals surface area contributed by atoms with E-state index in [1.54, 1.807) is 0 Å². The number of nitrogens with one attached hydrogen (secondary N) is 1. The number of rotatable bonds is 26. The van der Waals surface area contributed by atoms with Crippen molar-refractivity contribution in [3.8, 4) is 0 Å². The summed E-state index contributed by atoms with van der Waals surface area (Å²) in [5.41, 5.74) is 9.81. The van der Waals surface area contributed by atoms with Crippen molar-refractivity contribution < 1.29 is 0 Å². The highest BCUT2D eigenvalue weighted by Crippen LogP contribution is 2.14. The van der Waals surface area contributed by atoms with Gasteiger partial charge < -0.3 is 16.8 Å². The second-order valence-electron chi connectivity index (χ2n) is 9.75. The molecule has 0 aliphatic heterocycles. The highest BCUT2D eigenvalue weighted by atomic mass is 14.8. The molecule has 0 aromatic rings. The van der Waals surface area contributed by atoms with Gasteiger partial charge in [-0.05, 0) is 25.9 Å². The molecule has 0 aliphatic rings. The van der Waals surface area contributed by atoms with Crippen LogP contribution in [0.15, 0.2) is 0 Å². The van der Waals surface area contributed by atoms with Crippen LogP contribution in [0.2, 0.25) is 0 Å². The number of hydrogen-bond donors (Lipinski definition) is 3. The topological polar surface area (TPSA) is 64.1 Å². The third-order valence-corrected chi connectivity index (χ3v) is 6.33. The van der Waals surface area contributed by atoms with Crippen molar-refractivity contribution in [2.45, 2.75) is 162 Å². The Labute approximate surface area is 204 Å². The van der Waals surface area contributed by atoms with Gasteiger partial charge in [-0.3, -0.25) is 0 Å². The molecule has 5 N–H and O–H groups in total. The zero-order chi connectivity index (χ0) is 23.8. The van der Waals surface area contributed by atoms with Gasteiger partial charge in [-0.2, -0.15) is 0 Å². The lowest BCUT2D eigenvalue weighted by molar-refractivity contribution is 0.518. The molecule has 196 valence electrons. The van der Waals surface area contributed by atoms with Crippen LogP contribution in [0.4, 0.5) is 0 Å². The molecule has 0 aromatic carbocycles. The van der Waals surface area contributed by atoms with Crippen LogP contribution in [0.25, 0.3) is 0 Å². The molecule has 0 atom stereocenters. The molecule has 0 bridgehead atoms. The van der Waals surface area contributed by atoms with Crippen molar-refractivity contribution in [2.24, 2.45) is 11.5 Å². The molecule has 32 heavy (non-hydrogen) atoms. The van der Waals surface area contributed by atoms with Crippen LogP contribution >= 0.6 is 0 Å². The predicted molar refractivity (Wildman–Crippen MR) is 149 cm³/mol. The van der Waals surface area contributed by atoms with E-state index in [2.05, 4.69) is 19.2 Å². The van der Waals surface area contributed by atoms with Crippen molar-refractivity contribution in [2.75, 3.05) is 26.2 Å². The maximum absolute atomic E-state index is 4.90. The van der Waals surface area contributed by atoms with Crippen LogP contribution in [-0.2, 0) is 0 Å². The Bertz CT molecular complexity index is 256. The summed E-state index contributed by atoms with van der Waals surface area (Å²) in [6.45, 7) is 8.24. The molecule has 0 unspecified atom stereocenters. The quantitative estimate of drug-likeness (QED) is 0.115. The monoisotopic (exact) mass is 456 g/mol. The van der Waals surface area contributed by atoms with Gasteiger partial charge in [0.15, 0.2) is 0 Å². The summed E-state index contributed by atoms with van der Waals surface area (Å²) >= 11 is 0. The van der Waals surface area contributed by atoms with Gasteiger partial charge in [0.05, 0.1) is 0 Å². The maximum Gasteiger partial charge on any atom is 0.00461 e. The number of nitrogens with two attached hydrogens (primary N) is 2. The Morgan fingerprint density at radius 1 is 0.344 bits per heavy atom. The van der Waals surface area contributed by atoms with Crippen molar-refractivity contribution in [3.63, 3.8) is 0 Å². The summed E-state index contributed by atoms with van der Waals surface area (Å²) < 4.78 is 0. The molecular weight excluding hydrogens is 390 g/mol. The first-order valence-electron chi connectivity index (χ1n) is 14.9. The highest BCUT2D eigenvalue weighted by molar-refractivity contribution is 4.52. The summed E-state index contributed by atoms with van der Waals surface area (Å²) in [7, 11) is 0. The van der Waals surface area contributed by atoms with Gasteiger partial charge in [-0.15, -0.1) is 0 Å². The molecule has 0 aliphatic carbocycles. The van der Waals surface area contributed by atoms with E-state index in [4.69, 9.17) is 11.5 Å². The van der Waals surface area contributed by atoms with Gasteiger partial charge in [-0.25, -0.2) is 0 Å². The Morgan fingerprint density at radius 3 is 0.844 bits per heavy atom. The molecular formula is C29H65N3. The third-order valence-electron chi connectivity index (χ3n) is 6.33. The Hall–Kier alpha value is -0.120. The van der Waals surface area contributed by atoms with Crippen LogP contribution in [0, 0.1) is 0 Å². The molecule has 0 amide bonds. The summed E-state index contributed by atoms with van der Waals surface area (Å²) in [6.07, 6.45) is 33.4. The standard InChI is InChI=1S/C27H57N.C2H8N2/c1-3-5-7-8-9-10-11-12-13-14-15-16-17-18-19-20-21-22-23-25-27-28-26-24-6-4-2;3-1-2-4/h28H,3-27H2,1-2H3;1-4H2. The first kappa shape index (κ1) is 34.0. The average Bonchev–Trinajstić information content (AvgIpc) is 2.82. The van der Waals surface area contributed by atoms with Gasteiger partial charge in [0.2, 0.25) is 0 Å². The van der Waals surface area contributed by atoms with Crippen LogP contribution in [0.1, 0.15) is 162 Å². The molecule has 0 aromatic heterocycles. The van der Waals surface area contributed by atoms with Gasteiger partial charge in [-0.1, -0.05) is 149 Å². The summed E-state index contributed by atoms with van der Waals surface area (Å²) in [6, 6.07) is 0. The van der Waals surface area contributed by atoms with Gasteiger partial charge in [0.25, 0.3) is 0 Å². The van der Waals surface area contributed by atoms with E-state index < -0.39 is 0 Å². The zero-order valence-electron chi connectivity index (χ0n) is 22.7. The van der Waals surface area contributed by atoms with Crippen molar-refractivity contribution >= 4 is 0 Å². The number of unbranched alkanes of at least 4 members (excludes halogenated alkanes) is 21. The smallest absolute Gasteiger partial charge is 0.00461 e. The van der Waals surface area contributed by atoms with E-state index in [-0.39, 0.29) is 0 Å². The first-order valence-corrected chi connectivity index (χ1v) is 14.9. The lowest BCUT2D eigenvalue weighted by atomic mass is 10.0. The summed E-state index contributed by atoms with van der Waals surface area (Å²) in [5, 5.41) is 3.58. The second-order valence-corrected chi connectivity index (χ2v) is 9.75. The van der Waals surface area contributed by atoms with E-state index in [1.165, 1.54) is 161 Å². The van der Waals surface area contributed by atoms with E-state index in [0.29, 0.717) is 13.1 Å². The maximum atomic E-state index is 4.90. The van der Waals surface area contributed by atoms with Gasteiger partial charge in [0, 0.05) is 13.1 Å². The Morgan fingerprint density at radius 2 is 0.562 bits per heavy atom. The molecule has 0 spiro atoms. The minimum Gasteiger partial charge on any atom is -0.329 e. The summed E-state index contributed by atoms with van der Waals surface area (Å²) in [4.78, 5) is 0. The molecule has 0 saturated carbocycles. The van der Waals surface area contributed by atoms with E-state index >= 15 is 0 Å². The van der Waals surface area contributed by atoms with Crippen molar-refractivity contribution in [1.82, 2.24) is 5.32 Å². The second kappa shape index (κ2) is 35.5. The van der Waals surface area contributed by atoms with Crippen LogP contribution in [-0.4, -0.2) is 26.2 Å². The lowest BCUT2D eigenvalue weighted by Crippen LogP contribution is -2.16. The molecule has 0 saturated heterocycles. The molecule has 0 heterocycles. The normalized spacial score (nSPS) is 10.9. The van der Waals surface area contributed by atoms with Crippen LogP contribution in [0.3, 0.4) is 0 Å². The molecule has 0 radical (unpaired) electrons. The third kappa shape index (κ3) is 37.2. The van der Waals surface area contributed by atoms with E-state index in [0.717, 1.165) is 0 Å². The Balaban J connectivity index is 0. The van der Waals surface area contributed by atoms with E-state index in [9.17, 15) is 0 Å². The fourth-order valence-electron chi connectivity index (χ4n) is 4.13. The SMILES string of the molecule is CCCCCCCCCCCCCCCCCCCCCCNCCCCC.NCCN. The Kier molecular flexibility index (Phi) is 37.7. The lowest BCUT2D eigenvalue weighted by Gasteiger charge is -2.05. The highest BCUT2D eigenvalue weighted by Gasteiger charge is 1.95. The summed E-state index contributed by atoms with van der Waals surface area (Å²) in [5.74, 6) is 0. The van der Waals surface area contributed by atoms with Crippen molar-refractivity contribution in [1.29, 1.82) is 0 Å². The molecule has 3 heteroatoms. The predicted octanol–water partition coefficient (Wildman–Crippen LogP) is 8.49. The molecule has 3 nitrogen and oxygen atoms in total. The molecule has 0 fully saturated rings. The minimum absolute atomic E-state index is 0.597. The van der Waals surface area contributed by atoms with Gasteiger partial charge in [0.1, 0.15) is 0 Å². The van der Waals surface area contributed by atoms with Crippen LogP contribution in [0.5, 0.6) is 0 Å². The fourth-order valence-corrected chi connectivity index (χ4v) is 4.13. The number of hydrogen-bond acceptors (Lipinski definition) is 3. The first-order chi connectivity index (χ1) is 15.8. The van der Waals surface area contributed by atoms with E-state index in [1.807, 2.05) is 0 Å². The zero-order valence-corrected chi connectivity index (χ0v) is 22.7. The fraction of sp³-hybridized carbons (Fsp3) is 1.00. The largest absolute Gasteiger partial charge is 0.329 e. The minimum atomic E-state index is 0.597. The average molecular weight is 456 g/mol.